The predicted octanol–water partition coefficient (Wildman–Crippen LogP) is 4.88. The Morgan fingerprint density at radius 1 is 1.04 bits per heavy atom. The van der Waals surface area contributed by atoms with Crippen LogP contribution in [0.4, 0.5) is 0 Å². The summed E-state index contributed by atoms with van der Waals surface area (Å²) in [5.74, 6) is 1.23. The maximum atomic E-state index is 12.7. The minimum atomic E-state index is -0.299. The van der Waals surface area contributed by atoms with Crippen molar-refractivity contribution in [1.82, 2.24) is 0 Å². The van der Waals surface area contributed by atoms with Crippen molar-refractivity contribution in [2.45, 2.75) is 39.7 Å². The van der Waals surface area contributed by atoms with E-state index in [1.807, 2.05) is 64.1 Å². The second kappa shape index (κ2) is 7.32. The number of carbonyl (C=O) groups excluding carboxylic acids is 1. The Morgan fingerprint density at radius 3 is 2.35 bits per heavy atom. The van der Waals surface area contributed by atoms with Crippen molar-refractivity contribution in [3.8, 4) is 11.5 Å². The third-order valence-electron chi connectivity index (χ3n) is 3.12. The first-order valence-electron chi connectivity index (χ1n) is 7.96. The molecular weight excluding hydrogens is 288 g/mol. The average Bonchev–Trinajstić information content (AvgIpc) is 2.52. The van der Waals surface area contributed by atoms with Crippen molar-refractivity contribution in [3.63, 3.8) is 0 Å². The lowest BCUT2D eigenvalue weighted by atomic mass is 10.0. The summed E-state index contributed by atoms with van der Waals surface area (Å²) in [6.07, 6.45) is 0.878. The molecule has 2 aromatic carbocycles. The molecule has 0 aliphatic carbocycles. The highest BCUT2D eigenvalue weighted by molar-refractivity contribution is 6.10. The molecule has 3 heteroatoms. The van der Waals surface area contributed by atoms with Gasteiger partial charge >= 0.3 is 0 Å². The molecule has 0 radical (unpaired) electrons. The van der Waals surface area contributed by atoms with Crippen LogP contribution < -0.4 is 9.47 Å². The van der Waals surface area contributed by atoms with Gasteiger partial charge in [0.2, 0.25) is 0 Å². The zero-order valence-corrected chi connectivity index (χ0v) is 14.3. The van der Waals surface area contributed by atoms with Gasteiger partial charge in [0.05, 0.1) is 12.2 Å². The van der Waals surface area contributed by atoms with Gasteiger partial charge in [-0.2, -0.15) is 0 Å². The number of hydrogen-bond donors (Lipinski definition) is 0. The van der Waals surface area contributed by atoms with Crippen molar-refractivity contribution in [1.29, 1.82) is 0 Å². The SMILES string of the molecule is CCCOc1cc(OC(C)(C)C)ccc1C(=O)c1ccccc1. The topological polar surface area (TPSA) is 35.5 Å². The maximum Gasteiger partial charge on any atom is 0.196 e. The number of rotatable bonds is 6. The van der Waals surface area contributed by atoms with Crippen LogP contribution in [0.15, 0.2) is 48.5 Å². The molecule has 0 bridgehead atoms. The van der Waals surface area contributed by atoms with E-state index in [1.165, 1.54) is 0 Å². The summed E-state index contributed by atoms with van der Waals surface area (Å²) in [6, 6.07) is 14.6. The number of ketones is 1. The molecule has 0 aromatic heterocycles. The fourth-order valence-corrected chi connectivity index (χ4v) is 2.18. The molecule has 0 N–H and O–H groups in total. The van der Waals surface area contributed by atoms with Crippen LogP contribution in [0, 0.1) is 0 Å². The summed E-state index contributed by atoms with van der Waals surface area (Å²) < 4.78 is 11.7. The lowest BCUT2D eigenvalue weighted by Gasteiger charge is -2.22. The van der Waals surface area contributed by atoms with Gasteiger partial charge in [-0.05, 0) is 39.3 Å². The average molecular weight is 312 g/mol. The molecule has 2 aromatic rings. The van der Waals surface area contributed by atoms with E-state index >= 15 is 0 Å². The first-order valence-corrected chi connectivity index (χ1v) is 7.96. The van der Waals surface area contributed by atoms with Crippen LogP contribution in [0.5, 0.6) is 11.5 Å². The fraction of sp³-hybridized carbons (Fsp3) is 0.350. The van der Waals surface area contributed by atoms with Gasteiger partial charge in [0.15, 0.2) is 5.78 Å². The lowest BCUT2D eigenvalue weighted by molar-refractivity contribution is 0.103. The quantitative estimate of drug-likeness (QED) is 0.713. The molecule has 0 atom stereocenters. The Bertz CT molecular complexity index is 654. The fourth-order valence-electron chi connectivity index (χ4n) is 2.18. The van der Waals surface area contributed by atoms with Crippen molar-refractivity contribution < 1.29 is 14.3 Å². The highest BCUT2D eigenvalue weighted by atomic mass is 16.5. The second-order valence-electron chi connectivity index (χ2n) is 6.42. The Labute approximate surface area is 138 Å². The van der Waals surface area contributed by atoms with Crippen molar-refractivity contribution in [2.75, 3.05) is 6.61 Å². The van der Waals surface area contributed by atoms with Crippen LogP contribution in [0.1, 0.15) is 50.0 Å². The minimum absolute atomic E-state index is 0.0426. The second-order valence-corrected chi connectivity index (χ2v) is 6.42. The summed E-state index contributed by atoms with van der Waals surface area (Å²) in [7, 11) is 0. The first-order chi connectivity index (χ1) is 10.9. The van der Waals surface area contributed by atoms with E-state index in [9.17, 15) is 4.79 Å². The normalized spacial score (nSPS) is 11.1. The molecule has 0 spiro atoms. The molecule has 2 rings (SSSR count). The third-order valence-corrected chi connectivity index (χ3v) is 3.12. The zero-order chi connectivity index (χ0) is 16.9. The van der Waals surface area contributed by atoms with Gasteiger partial charge in [0, 0.05) is 11.6 Å². The number of ether oxygens (including phenoxy) is 2. The zero-order valence-electron chi connectivity index (χ0n) is 14.3. The number of carbonyl (C=O) groups is 1. The first kappa shape index (κ1) is 17.1. The molecule has 0 saturated carbocycles. The molecule has 0 aliphatic heterocycles. The Kier molecular flexibility index (Phi) is 5.43. The number of hydrogen-bond acceptors (Lipinski definition) is 3. The van der Waals surface area contributed by atoms with Gasteiger partial charge in [-0.25, -0.2) is 0 Å². The van der Waals surface area contributed by atoms with Gasteiger partial charge in [-0.3, -0.25) is 4.79 Å². The minimum Gasteiger partial charge on any atom is -0.493 e. The van der Waals surface area contributed by atoms with Crippen molar-refractivity contribution in [2.24, 2.45) is 0 Å². The van der Waals surface area contributed by atoms with Gasteiger partial charge in [-0.15, -0.1) is 0 Å². The predicted molar refractivity (Wildman–Crippen MR) is 92.5 cm³/mol. The van der Waals surface area contributed by atoms with E-state index in [-0.39, 0.29) is 11.4 Å². The summed E-state index contributed by atoms with van der Waals surface area (Å²) in [4.78, 5) is 12.7. The van der Waals surface area contributed by atoms with E-state index in [4.69, 9.17) is 9.47 Å². The van der Waals surface area contributed by atoms with Crippen molar-refractivity contribution >= 4 is 5.78 Å². The molecule has 0 unspecified atom stereocenters. The van der Waals surface area contributed by atoms with Crippen LogP contribution in [0.3, 0.4) is 0 Å². The largest absolute Gasteiger partial charge is 0.493 e. The maximum absolute atomic E-state index is 12.7. The van der Waals surface area contributed by atoms with Crippen LogP contribution in [0.25, 0.3) is 0 Å². The summed E-state index contributed by atoms with van der Waals surface area (Å²) in [5, 5.41) is 0. The Morgan fingerprint density at radius 2 is 1.74 bits per heavy atom. The molecule has 0 aliphatic rings. The van der Waals surface area contributed by atoms with E-state index < -0.39 is 0 Å². The Balaban J connectivity index is 2.36. The molecule has 0 saturated heterocycles. The molecule has 3 nitrogen and oxygen atoms in total. The highest BCUT2D eigenvalue weighted by Gasteiger charge is 2.18. The molecule has 122 valence electrons. The van der Waals surface area contributed by atoms with Gasteiger partial charge in [0.25, 0.3) is 0 Å². The van der Waals surface area contributed by atoms with Crippen molar-refractivity contribution in [3.05, 3.63) is 59.7 Å². The van der Waals surface area contributed by atoms with E-state index in [0.29, 0.717) is 29.2 Å². The summed E-state index contributed by atoms with van der Waals surface area (Å²) in [6.45, 7) is 8.57. The molecule has 0 fully saturated rings. The monoisotopic (exact) mass is 312 g/mol. The van der Waals surface area contributed by atoms with Crippen LogP contribution in [0.2, 0.25) is 0 Å². The van der Waals surface area contributed by atoms with E-state index in [1.54, 1.807) is 12.1 Å². The lowest BCUT2D eigenvalue weighted by Crippen LogP contribution is -2.23. The molecular formula is C20H24O3. The van der Waals surface area contributed by atoms with E-state index in [0.717, 1.165) is 6.42 Å². The third kappa shape index (κ3) is 4.85. The van der Waals surface area contributed by atoms with E-state index in [2.05, 4.69) is 0 Å². The highest BCUT2D eigenvalue weighted by Crippen LogP contribution is 2.29. The summed E-state index contributed by atoms with van der Waals surface area (Å²) >= 11 is 0. The van der Waals surface area contributed by atoms with Gasteiger partial charge < -0.3 is 9.47 Å². The molecule has 0 heterocycles. The smallest absolute Gasteiger partial charge is 0.196 e. The Hall–Kier alpha value is -2.29. The van der Waals surface area contributed by atoms with Crippen LogP contribution >= 0.6 is 0 Å². The standard InChI is InChI=1S/C20H24O3/c1-5-13-22-18-14-16(23-20(2,3)4)11-12-17(18)19(21)15-9-7-6-8-10-15/h6-12,14H,5,13H2,1-4H3. The molecule has 23 heavy (non-hydrogen) atoms. The van der Waals surface area contributed by atoms with Gasteiger partial charge in [-0.1, -0.05) is 37.3 Å². The summed E-state index contributed by atoms with van der Waals surface area (Å²) in [5.41, 5.74) is 0.914. The van der Waals surface area contributed by atoms with Crippen LogP contribution in [-0.2, 0) is 0 Å². The van der Waals surface area contributed by atoms with Crippen LogP contribution in [-0.4, -0.2) is 18.0 Å². The number of benzene rings is 2. The molecule has 0 amide bonds. The van der Waals surface area contributed by atoms with Gasteiger partial charge in [0.1, 0.15) is 17.1 Å².